The molecule has 0 atom stereocenters. The van der Waals surface area contributed by atoms with Gasteiger partial charge in [-0.15, -0.1) is 0 Å². The molecule has 0 bridgehead atoms. The van der Waals surface area contributed by atoms with Crippen LogP contribution in [-0.4, -0.2) is 83.7 Å². The number of halogens is 4. The minimum Gasteiger partial charge on any atom is -0.426 e. The molecule has 44 heavy (non-hydrogen) atoms. The van der Waals surface area contributed by atoms with Crippen molar-refractivity contribution in [3.8, 4) is 17.0 Å². The molecule has 1 saturated heterocycles. The number of nitrogens with one attached hydrogen (secondary N) is 1. The molecule has 0 amide bonds. The zero-order valence-corrected chi connectivity index (χ0v) is 26.2. The maximum atomic E-state index is 15.1. The lowest BCUT2D eigenvalue weighted by molar-refractivity contribution is -0.174. The number of ether oxygens (including phenoxy) is 1. The Labute approximate surface area is 256 Å². The first-order valence-electron chi connectivity index (χ1n) is 15.2. The van der Waals surface area contributed by atoms with E-state index in [0.717, 1.165) is 57.0 Å². The molecule has 4 heterocycles. The number of alkyl halides is 2. The molecule has 8 nitrogen and oxygen atoms in total. The van der Waals surface area contributed by atoms with Crippen LogP contribution in [0.3, 0.4) is 0 Å². The summed E-state index contributed by atoms with van der Waals surface area (Å²) < 4.78 is 63.1. The fourth-order valence-electron chi connectivity index (χ4n) is 5.87. The number of rotatable bonds is 9. The molecule has 0 spiro atoms. The highest BCUT2D eigenvalue weighted by Crippen LogP contribution is 2.44. The van der Waals surface area contributed by atoms with Gasteiger partial charge in [0, 0.05) is 30.4 Å². The van der Waals surface area contributed by atoms with Gasteiger partial charge in [-0.2, -0.15) is 8.78 Å². The van der Waals surface area contributed by atoms with Gasteiger partial charge >= 0.3 is 6.11 Å². The van der Waals surface area contributed by atoms with Crippen LogP contribution in [0.4, 0.5) is 35.0 Å². The number of hydrogen-bond acceptors (Lipinski definition) is 8. The maximum absolute atomic E-state index is 15.1. The number of anilines is 3. The van der Waals surface area contributed by atoms with E-state index in [-0.39, 0.29) is 34.9 Å². The first-order chi connectivity index (χ1) is 20.8. The molecule has 0 radical (unpaired) electrons. The van der Waals surface area contributed by atoms with Crippen molar-refractivity contribution in [2.75, 3.05) is 57.0 Å². The van der Waals surface area contributed by atoms with Gasteiger partial charge in [-0.25, -0.2) is 23.7 Å². The minimum atomic E-state index is -3.56. The van der Waals surface area contributed by atoms with Crippen molar-refractivity contribution in [1.82, 2.24) is 24.8 Å². The van der Waals surface area contributed by atoms with Crippen LogP contribution in [0.15, 0.2) is 30.5 Å². The maximum Gasteiger partial charge on any atom is 0.416 e. The second-order valence-electron chi connectivity index (χ2n) is 12.5. The zero-order valence-electron chi connectivity index (χ0n) is 26.2. The molecule has 12 heteroatoms. The van der Waals surface area contributed by atoms with Crippen molar-refractivity contribution < 1.29 is 22.3 Å². The summed E-state index contributed by atoms with van der Waals surface area (Å²) in [4.78, 5) is 19.4. The van der Waals surface area contributed by atoms with Crippen molar-refractivity contribution >= 4 is 17.5 Å². The molecule has 1 aromatic carbocycles. The summed E-state index contributed by atoms with van der Waals surface area (Å²) in [6.45, 7) is 11.1. The fourth-order valence-corrected chi connectivity index (χ4v) is 5.87. The number of benzene rings is 1. The summed E-state index contributed by atoms with van der Waals surface area (Å²) in [6.07, 6.45) is -0.424. The smallest absolute Gasteiger partial charge is 0.416 e. The number of piperidine rings is 1. The van der Waals surface area contributed by atoms with Crippen LogP contribution in [0.5, 0.6) is 5.75 Å². The molecule has 2 aromatic heterocycles. The topological polar surface area (TPSA) is 69.6 Å². The fraction of sp³-hybridized carbons (Fsp3) is 0.531. The van der Waals surface area contributed by atoms with Gasteiger partial charge in [0.05, 0.1) is 11.9 Å². The van der Waals surface area contributed by atoms with Gasteiger partial charge in [-0.3, -0.25) is 0 Å². The molecular formula is C32H41F4N7O. The lowest BCUT2D eigenvalue weighted by Crippen LogP contribution is -2.48. The lowest BCUT2D eigenvalue weighted by Gasteiger charge is -2.38. The van der Waals surface area contributed by atoms with Gasteiger partial charge in [-0.05, 0) is 89.5 Å². The van der Waals surface area contributed by atoms with Gasteiger partial charge in [0.1, 0.15) is 18.1 Å². The third kappa shape index (κ3) is 7.07. The van der Waals surface area contributed by atoms with Crippen LogP contribution in [0.25, 0.3) is 11.3 Å². The van der Waals surface area contributed by atoms with Crippen molar-refractivity contribution in [3.05, 3.63) is 53.4 Å². The average molecular weight is 616 g/mol. The normalized spacial score (nSPS) is 17.3. The molecule has 3 aromatic rings. The van der Waals surface area contributed by atoms with E-state index in [1.165, 1.54) is 16.5 Å². The predicted molar refractivity (Wildman–Crippen MR) is 164 cm³/mol. The van der Waals surface area contributed by atoms with Gasteiger partial charge in [0.15, 0.2) is 17.4 Å². The third-order valence-corrected chi connectivity index (χ3v) is 8.22. The highest BCUT2D eigenvalue weighted by Gasteiger charge is 2.43. The summed E-state index contributed by atoms with van der Waals surface area (Å²) in [5.74, 6) is -1.19. The van der Waals surface area contributed by atoms with Gasteiger partial charge in [-0.1, -0.05) is 19.9 Å². The predicted octanol–water partition coefficient (Wildman–Crippen LogP) is 6.62. The first-order valence-corrected chi connectivity index (χ1v) is 15.2. The summed E-state index contributed by atoms with van der Waals surface area (Å²) >= 11 is 0. The standard InChI is InChI=1S/C32H41F4N7O/c1-19(2)28-23(21-9-11-42(12-10-21)14-13-41(5)6)7-8-27(38-28)39-31-37-17-25(34)29(40-31)22-15-24(33)30-26(16-22)43(20(3)4)18-32(35,36)44-30/h7-8,15-17,19-21H,9-14,18H2,1-6H3,(H,37,38,39,40). The lowest BCUT2D eigenvalue weighted by atomic mass is 9.86. The van der Waals surface area contributed by atoms with Crippen LogP contribution in [0.1, 0.15) is 63.6 Å². The Hall–Kier alpha value is -3.51. The van der Waals surface area contributed by atoms with E-state index in [2.05, 4.69) is 63.8 Å². The van der Waals surface area contributed by atoms with Gasteiger partial charge in [0.25, 0.3) is 0 Å². The Morgan fingerprint density at radius 1 is 1.05 bits per heavy atom. The minimum absolute atomic E-state index is 0.0757. The Morgan fingerprint density at radius 2 is 1.77 bits per heavy atom. The number of likely N-dealkylation sites (tertiary alicyclic amines) is 1. The Morgan fingerprint density at radius 3 is 2.43 bits per heavy atom. The molecule has 238 valence electrons. The number of aromatic nitrogens is 3. The van der Waals surface area contributed by atoms with E-state index in [1.54, 1.807) is 13.8 Å². The highest BCUT2D eigenvalue weighted by molar-refractivity contribution is 5.73. The van der Waals surface area contributed by atoms with Crippen LogP contribution < -0.4 is 15.0 Å². The second kappa shape index (κ2) is 12.8. The number of hydrogen-bond donors (Lipinski definition) is 1. The van der Waals surface area contributed by atoms with Crippen molar-refractivity contribution in [1.29, 1.82) is 0 Å². The van der Waals surface area contributed by atoms with Crippen LogP contribution >= 0.6 is 0 Å². The third-order valence-electron chi connectivity index (χ3n) is 8.22. The number of pyridine rings is 1. The zero-order chi connectivity index (χ0) is 31.8. The quantitative estimate of drug-likeness (QED) is 0.269. The molecule has 5 rings (SSSR count). The molecule has 1 N–H and O–H groups in total. The molecule has 0 unspecified atom stereocenters. The average Bonchev–Trinajstić information content (AvgIpc) is 2.97. The summed E-state index contributed by atoms with van der Waals surface area (Å²) in [5.41, 5.74) is 2.24. The first kappa shape index (κ1) is 31.9. The largest absolute Gasteiger partial charge is 0.426 e. The SMILES string of the molecule is CC(C)c1nc(Nc2ncc(F)c(-c3cc(F)c4c(c3)N(C(C)C)CC(F)(F)O4)n2)ccc1C1CCN(CCN(C)C)CC1. The van der Waals surface area contributed by atoms with E-state index in [1.807, 2.05) is 6.07 Å². The van der Waals surface area contributed by atoms with Crippen LogP contribution in [0.2, 0.25) is 0 Å². The van der Waals surface area contributed by atoms with E-state index in [0.29, 0.717) is 11.7 Å². The Balaban J connectivity index is 1.38. The van der Waals surface area contributed by atoms with Crippen LogP contribution in [-0.2, 0) is 0 Å². The van der Waals surface area contributed by atoms with E-state index < -0.39 is 30.0 Å². The summed E-state index contributed by atoms with van der Waals surface area (Å²) in [6, 6.07) is 5.96. The number of fused-ring (bicyclic) bond motifs is 1. The summed E-state index contributed by atoms with van der Waals surface area (Å²) in [5, 5.41) is 3.07. The Bertz CT molecular complexity index is 1480. The number of likely N-dealkylation sites (N-methyl/N-ethyl adjacent to an activating group) is 1. The van der Waals surface area contributed by atoms with Crippen molar-refractivity contribution in [2.24, 2.45) is 0 Å². The Kier molecular flexibility index (Phi) is 9.31. The molecule has 0 saturated carbocycles. The van der Waals surface area contributed by atoms with Crippen molar-refractivity contribution in [3.63, 3.8) is 0 Å². The second-order valence-corrected chi connectivity index (χ2v) is 12.5. The monoisotopic (exact) mass is 615 g/mol. The number of nitrogens with zero attached hydrogens (tertiary/aromatic N) is 6. The van der Waals surface area contributed by atoms with Crippen LogP contribution in [0, 0.1) is 11.6 Å². The molecular weight excluding hydrogens is 574 g/mol. The molecule has 2 aliphatic rings. The molecule has 0 aliphatic carbocycles. The van der Waals surface area contributed by atoms with Crippen molar-refractivity contribution in [2.45, 2.75) is 64.5 Å². The highest BCUT2D eigenvalue weighted by atomic mass is 19.3. The molecule has 2 aliphatic heterocycles. The van der Waals surface area contributed by atoms with E-state index in [4.69, 9.17) is 4.98 Å². The van der Waals surface area contributed by atoms with E-state index >= 15 is 8.78 Å². The van der Waals surface area contributed by atoms with E-state index in [9.17, 15) is 8.78 Å². The molecule has 1 fully saturated rings. The van der Waals surface area contributed by atoms with Gasteiger partial charge < -0.3 is 24.8 Å². The van der Waals surface area contributed by atoms with Gasteiger partial charge in [0.2, 0.25) is 5.95 Å². The summed E-state index contributed by atoms with van der Waals surface area (Å²) in [7, 11) is 4.19.